The molecule has 1 aliphatic rings. The van der Waals surface area contributed by atoms with Crippen LogP contribution in [0.5, 0.6) is 0 Å². The number of ether oxygens (including phenoxy) is 1. The van der Waals surface area contributed by atoms with Crippen LogP contribution < -0.4 is 10.6 Å². The smallest absolute Gasteiger partial charge is 0.191 e. The van der Waals surface area contributed by atoms with Crippen molar-refractivity contribution in [2.75, 3.05) is 53.4 Å². The Morgan fingerprint density at radius 3 is 2.19 bits per heavy atom. The molecule has 2 N–H and O–H groups in total. The first-order valence-corrected chi connectivity index (χ1v) is 9.98. The molecule has 0 unspecified atom stereocenters. The van der Waals surface area contributed by atoms with E-state index in [0.717, 1.165) is 38.7 Å². The molecule has 1 heterocycles. The lowest BCUT2D eigenvalue weighted by Gasteiger charge is -2.34. The molecule has 0 atom stereocenters. The molecule has 2 rings (SSSR count). The first-order valence-electron chi connectivity index (χ1n) is 9.98. The van der Waals surface area contributed by atoms with Crippen LogP contribution in [-0.4, -0.2) is 74.8 Å². The Balaban J connectivity index is 1.76. The van der Waals surface area contributed by atoms with E-state index in [9.17, 15) is 0 Å². The van der Waals surface area contributed by atoms with E-state index in [1.54, 1.807) is 14.2 Å². The Labute approximate surface area is 165 Å². The normalized spacial score (nSPS) is 17.1. The Morgan fingerprint density at radius 1 is 1.04 bits per heavy atom. The monoisotopic (exact) mass is 375 g/mol. The summed E-state index contributed by atoms with van der Waals surface area (Å²) >= 11 is 0. The molecule has 0 amide bonds. The maximum atomic E-state index is 5.43. The van der Waals surface area contributed by atoms with Crippen LogP contribution in [0.3, 0.4) is 0 Å². The van der Waals surface area contributed by atoms with E-state index < -0.39 is 0 Å². The van der Waals surface area contributed by atoms with Crippen LogP contribution >= 0.6 is 0 Å². The summed E-state index contributed by atoms with van der Waals surface area (Å²) in [6.07, 6.45) is 0. The number of benzene rings is 1. The number of hydrogen-bond acceptors (Lipinski definition) is 4. The van der Waals surface area contributed by atoms with Crippen molar-refractivity contribution in [1.82, 2.24) is 20.4 Å². The molecular weight excluding hydrogens is 338 g/mol. The van der Waals surface area contributed by atoms with Gasteiger partial charge in [0.1, 0.15) is 0 Å². The summed E-state index contributed by atoms with van der Waals surface area (Å²) in [6.45, 7) is 14.7. The van der Waals surface area contributed by atoms with Gasteiger partial charge in [0, 0.05) is 60.0 Å². The van der Waals surface area contributed by atoms with Crippen molar-refractivity contribution in [2.45, 2.75) is 39.5 Å². The minimum Gasteiger partial charge on any atom is -0.377 e. The predicted octanol–water partition coefficient (Wildman–Crippen LogP) is 1.91. The molecule has 0 spiro atoms. The Hall–Kier alpha value is -1.63. The van der Waals surface area contributed by atoms with Crippen LogP contribution in [0.4, 0.5) is 0 Å². The quantitative estimate of drug-likeness (QED) is 0.537. The van der Waals surface area contributed by atoms with Gasteiger partial charge in [-0.15, -0.1) is 0 Å². The first kappa shape index (κ1) is 21.7. The van der Waals surface area contributed by atoms with Gasteiger partial charge in [-0.2, -0.15) is 0 Å². The van der Waals surface area contributed by atoms with Gasteiger partial charge in [0.15, 0.2) is 5.96 Å². The van der Waals surface area contributed by atoms with Gasteiger partial charge in [-0.25, -0.2) is 0 Å². The predicted molar refractivity (Wildman–Crippen MR) is 113 cm³/mol. The van der Waals surface area contributed by atoms with Crippen molar-refractivity contribution in [3.63, 3.8) is 0 Å². The van der Waals surface area contributed by atoms with Gasteiger partial charge in [0.2, 0.25) is 0 Å². The van der Waals surface area contributed by atoms with E-state index in [-0.39, 0.29) is 5.60 Å². The molecule has 6 heteroatoms. The minimum absolute atomic E-state index is 0.220. The number of guanidine groups is 1. The van der Waals surface area contributed by atoms with Gasteiger partial charge < -0.3 is 20.3 Å². The highest BCUT2D eigenvalue weighted by molar-refractivity contribution is 5.79. The van der Waals surface area contributed by atoms with Gasteiger partial charge in [-0.3, -0.25) is 9.89 Å². The zero-order valence-electron chi connectivity index (χ0n) is 17.7. The minimum atomic E-state index is -0.220. The third-order valence-electron chi connectivity index (χ3n) is 5.26. The third kappa shape index (κ3) is 7.48. The molecule has 1 aliphatic heterocycles. The van der Waals surface area contributed by atoms with Crippen LogP contribution in [0, 0.1) is 0 Å². The second-order valence-electron chi connectivity index (χ2n) is 7.77. The number of likely N-dealkylation sites (N-methyl/N-ethyl adjacent to an activating group) is 1. The Morgan fingerprint density at radius 2 is 1.63 bits per heavy atom. The number of piperazine rings is 1. The van der Waals surface area contributed by atoms with Crippen molar-refractivity contribution >= 4 is 5.96 Å². The molecule has 27 heavy (non-hydrogen) atoms. The van der Waals surface area contributed by atoms with Crippen LogP contribution in [0.1, 0.15) is 31.9 Å². The number of nitrogens with one attached hydrogen (secondary N) is 2. The molecule has 1 aromatic carbocycles. The van der Waals surface area contributed by atoms with E-state index in [4.69, 9.17) is 4.74 Å². The number of hydrogen-bond donors (Lipinski definition) is 2. The van der Waals surface area contributed by atoms with Crippen molar-refractivity contribution < 1.29 is 4.74 Å². The first-order chi connectivity index (χ1) is 13.0. The molecule has 0 bridgehead atoms. The topological polar surface area (TPSA) is 52.1 Å². The number of rotatable bonds is 8. The molecule has 152 valence electrons. The number of nitrogens with zero attached hydrogens (tertiary/aromatic N) is 3. The lowest BCUT2D eigenvalue weighted by Crippen LogP contribution is -2.45. The lowest BCUT2D eigenvalue weighted by atomic mass is 10.1. The molecule has 0 radical (unpaired) electrons. The molecule has 0 saturated carbocycles. The molecule has 1 saturated heterocycles. The maximum absolute atomic E-state index is 5.43. The Kier molecular flexibility index (Phi) is 8.54. The highest BCUT2D eigenvalue weighted by Gasteiger charge is 2.17. The lowest BCUT2D eigenvalue weighted by molar-refractivity contribution is 0.0268. The summed E-state index contributed by atoms with van der Waals surface area (Å²) in [6, 6.07) is 8.90. The van der Waals surface area contributed by atoms with E-state index in [0.29, 0.717) is 6.54 Å². The molecular formula is C21H37N5O. The van der Waals surface area contributed by atoms with Crippen LogP contribution in [0.2, 0.25) is 0 Å². The number of methoxy groups -OCH3 is 1. The highest BCUT2D eigenvalue weighted by atomic mass is 16.5. The third-order valence-corrected chi connectivity index (χ3v) is 5.26. The van der Waals surface area contributed by atoms with Gasteiger partial charge in [-0.05, 0) is 31.5 Å². The van der Waals surface area contributed by atoms with Crippen LogP contribution in [-0.2, 0) is 17.8 Å². The molecule has 1 aromatic rings. The van der Waals surface area contributed by atoms with E-state index in [1.807, 2.05) is 13.8 Å². The average molecular weight is 376 g/mol. The van der Waals surface area contributed by atoms with Crippen LogP contribution in [0.25, 0.3) is 0 Å². The fourth-order valence-electron chi connectivity index (χ4n) is 3.06. The van der Waals surface area contributed by atoms with E-state index in [1.165, 1.54) is 24.2 Å². The zero-order valence-corrected chi connectivity index (χ0v) is 17.7. The van der Waals surface area contributed by atoms with Gasteiger partial charge in [-0.1, -0.05) is 31.2 Å². The number of aliphatic imine (C=N–C) groups is 1. The Bertz CT molecular complexity index is 577. The standard InChI is InChI=1S/C21H37N5O/c1-6-25-11-13-26(14-12-25)16-19-9-7-18(8-10-19)15-23-20(22-4)24-17-21(2,3)27-5/h7-10H,6,11-17H2,1-5H3,(H2,22,23,24). The largest absolute Gasteiger partial charge is 0.377 e. The van der Waals surface area contributed by atoms with Gasteiger partial charge >= 0.3 is 0 Å². The van der Waals surface area contributed by atoms with Crippen LogP contribution in [0.15, 0.2) is 29.3 Å². The van der Waals surface area contributed by atoms with Gasteiger partial charge in [0.25, 0.3) is 0 Å². The summed E-state index contributed by atoms with van der Waals surface area (Å²) in [5, 5.41) is 6.67. The second kappa shape index (κ2) is 10.6. The van der Waals surface area contributed by atoms with Gasteiger partial charge in [0.05, 0.1) is 5.60 Å². The molecule has 1 fully saturated rings. The summed E-state index contributed by atoms with van der Waals surface area (Å²) in [5.74, 6) is 0.790. The summed E-state index contributed by atoms with van der Waals surface area (Å²) in [4.78, 5) is 9.33. The fourth-order valence-corrected chi connectivity index (χ4v) is 3.06. The maximum Gasteiger partial charge on any atom is 0.191 e. The molecule has 6 nitrogen and oxygen atoms in total. The summed E-state index contributed by atoms with van der Waals surface area (Å²) < 4.78 is 5.43. The van der Waals surface area contributed by atoms with E-state index in [2.05, 4.69) is 56.6 Å². The van der Waals surface area contributed by atoms with Crippen molar-refractivity contribution in [3.8, 4) is 0 Å². The average Bonchev–Trinajstić information content (AvgIpc) is 2.70. The second-order valence-corrected chi connectivity index (χ2v) is 7.77. The van der Waals surface area contributed by atoms with Crippen molar-refractivity contribution in [3.05, 3.63) is 35.4 Å². The zero-order chi connectivity index (χ0) is 19.7. The summed E-state index contributed by atoms with van der Waals surface area (Å²) in [5.41, 5.74) is 2.42. The molecule has 0 aromatic heterocycles. The van der Waals surface area contributed by atoms with Crippen molar-refractivity contribution in [2.24, 2.45) is 4.99 Å². The van der Waals surface area contributed by atoms with Crippen molar-refractivity contribution in [1.29, 1.82) is 0 Å². The highest BCUT2D eigenvalue weighted by Crippen LogP contribution is 2.10. The fraction of sp³-hybridized carbons (Fsp3) is 0.667. The van der Waals surface area contributed by atoms with E-state index >= 15 is 0 Å². The SMILES string of the molecule is CCN1CCN(Cc2ccc(CNC(=NC)NCC(C)(C)OC)cc2)CC1. The molecule has 0 aliphatic carbocycles. The summed E-state index contributed by atoms with van der Waals surface area (Å²) in [7, 11) is 3.51.